The van der Waals surface area contributed by atoms with Crippen LogP contribution in [0.5, 0.6) is 5.75 Å². The van der Waals surface area contributed by atoms with Gasteiger partial charge in [-0.3, -0.25) is 9.78 Å². The van der Waals surface area contributed by atoms with Crippen LogP contribution >= 0.6 is 11.8 Å². The average molecular weight is 558 g/mol. The van der Waals surface area contributed by atoms with Crippen LogP contribution in [0.25, 0.3) is 23.1 Å². The molecule has 1 saturated heterocycles. The van der Waals surface area contributed by atoms with Crippen LogP contribution in [0.15, 0.2) is 76.7 Å². The number of aliphatic carboxylic acids is 1. The summed E-state index contributed by atoms with van der Waals surface area (Å²) in [6.07, 6.45) is 12.6. The number of ether oxygens (including phenoxy) is 2. The molecule has 1 aliphatic heterocycles. The summed E-state index contributed by atoms with van der Waals surface area (Å²) in [6, 6.07) is 20.5. The van der Waals surface area contributed by atoms with Crippen molar-refractivity contribution in [1.82, 2.24) is 14.8 Å². The first-order valence-electron chi connectivity index (χ1n) is 14.0. The number of pyridine rings is 1. The first-order valence-corrected chi connectivity index (χ1v) is 14.8. The van der Waals surface area contributed by atoms with Gasteiger partial charge in [-0.05, 0) is 86.7 Å². The fourth-order valence-corrected chi connectivity index (χ4v) is 5.73. The Morgan fingerprint density at radius 3 is 2.75 bits per heavy atom. The van der Waals surface area contributed by atoms with Gasteiger partial charge in [0.2, 0.25) is 0 Å². The maximum absolute atomic E-state index is 10.7. The monoisotopic (exact) mass is 557 g/mol. The lowest BCUT2D eigenvalue weighted by Crippen LogP contribution is -2.19. The van der Waals surface area contributed by atoms with Crippen LogP contribution in [0.3, 0.4) is 0 Å². The van der Waals surface area contributed by atoms with Crippen LogP contribution in [0.2, 0.25) is 0 Å². The number of nitrogens with zero attached hydrogens (tertiary/aromatic N) is 3. The Labute approximate surface area is 239 Å². The number of carboxylic acids is 1. The van der Waals surface area contributed by atoms with E-state index in [2.05, 4.69) is 29.2 Å². The smallest absolute Gasteiger partial charge is 0.303 e. The highest BCUT2D eigenvalue weighted by molar-refractivity contribution is 7.99. The second-order valence-electron chi connectivity index (χ2n) is 9.87. The number of aromatic nitrogens is 3. The van der Waals surface area contributed by atoms with E-state index in [4.69, 9.17) is 19.7 Å². The second-order valence-corrected chi connectivity index (χ2v) is 11.0. The summed E-state index contributed by atoms with van der Waals surface area (Å²) in [6.45, 7) is 1.37. The predicted molar refractivity (Wildman–Crippen MR) is 159 cm³/mol. The number of carbonyl (C=O) groups is 1. The van der Waals surface area contributed by atoms with Crippen LogP contribution < -0.4 is 4.74 Å². The third kappa shape index (κ3) is 7.52. The molecule has 3 heterocycles. The fraction of sp³-hybridized carbons (Fsp3) is 0.344. The van der Waals surface area contributed by atoms with Crippen LogP contribution in [0.1, 0.15) is 69.0 Å². The molecule has 208 valence electrons. The molecular formula is C32H35N3O4S. The van der Waals surface area contributed by atoms with Crippen molar-refractivity contribution < 1.29 is 19.4 Å². The van der Waals surface area contributed by atoms with E-state index in [1.165, 1.54) is 0 Å². The molecule has 0 radical (unpaired) electrons. The van der Waals surface area contributed by atoms with Gasteiger partial charge in [-0.25, -0.2) is 4.68 Å². The summed E-state index contributed by atoms with van der Waals surface area (Å²) in [5.41, 5.74) is 2.85. The summed E-state index contributed by atoms with van der Waals surface area (Å²) < 4.78 is 14.3. The third-order valence-electron chi connectivity index (χ3n) is 6.86. The normalized spacial score (nSPS) is 15.6. The molecule has 1 unspecified atom stereocenters. The number of rotatable bonds is 13. The molecule has 0 amide bonds. The molecule has 1 aliphatic rings. The molecule has 0 bridgehead atoms. The van der Waals surface area contributed by atoms with Crippen molar-refractivity contribution in [2.45, 2.75) is 67.4 Å². The van der Waals surface area contributed by atoms with Gasteiger partial charge >= 0.3 is 5.97 Å². The molecule has 0 spiro atoms. The van der Waals surface area contributed by atoms with Crippen molar-refractivity contribution in [3.8, 4) is 5.75 Å². The van der Waals surface area contributed by atoms with Gasteiger partial charge in [0.25, 0.3) is 0 Å². The zero-order valence-electron chi connectivity index (χ0n) is 22.6. The van der Waals surface area contributed by atoms with Crippen molar-refractivity contribution in [3.63, 3.8) is 0 Å². The molecule has 1 N–H and O–H groups in total. The molecule has 0 saturated carbocycles. The Kier molecular flexibility index (Phi) is 9.87. The number of carboxylic acid groups (broad SMARTS) is 1. The van der Waals surface area contributed by atoms with Gasteiger partial charge in [-0.2, -0.15) is 5.10 Å². The van der Waals surface area contributed by atoms with Gasteiger partial charge in [0, 0.05) is 29.5 Å². The number of hydrogen-bond donors (Lipinski definition) is 1. The van der Waals surface area contributed by atoms with Crippen molar-refractivity contribution >= 4 is 40.8 Å². The molecule has 1 atom stereocenters. The lowest BCUT2D eigenvalue weighted by Gasteiger charge is -2.23. The Morgan fingerprint density at radius 1 is 1.05 bits per heavy atom. The summed E-state index contributed by atoms with van der Waals surface area (Å²) in [5.74, 6) is 0.133. The highest BCUT2D eigenvalue weighted by atomic mass is 32.2. The van der Waals surface area contributed by atoms with E-state index < -0.39 is 5.97 Å². The molecule has 40 heavy (non-hydrogen) atoms. The van der Waals surface area contributed by atoms with E-state index >= 15 is 0 Å². The van der Waals surface area contributed by atoms with E-state index in [1.54, 1.807) is 18.0 Å². The molecule has 0 aliphatic carbocycles. The molecular weight excluding hydrogens is 522 g/mol. The first kappa shape index (κ1) is 27.9. The minimum Gasteiger partial charge on any atom is -0.492 e. The van der Waals surface area contributed by atoms with Gasteiger partial charge in [-0.15, -0.1) is 0 Å². The summed E-state index contributed by atoms with van der Waals surface area (Å²) >= 11 is 1.68. The molecule has 2 aromatic carbocycles. The summed E-state index contributed by atoms with van der Waals surface area (Å²) in [4.78, 5) is 17.2. The standard InChI is InChI=1S/C32H35N3O4S/c36-32(37)15-3-1-2-9-21-38-29-12-4-5-13-30(29)40-25-17-18-26-27(19-16-24-11-6-8-20-33-24)34-35(28(26)23-25)31-14-7-10-22-39-31/h4-6,8,11-13,16-20,23,31H,1-3,7,9-10,14-15,21-22H2,(H,36,37)/b19-16+. The molecule has 4 aromatic rings. The predicted octanol–water partition coefficient (Wildman–Crippen LogP) is 7.87. The molecule has 2 aromatic heterocycles. The van der Waals surface area contributed by atoms with Crippen LogP contribution in [0, 0.1) is 0 Å². The minimum absolute atomic E-state index is 0.0698. The van der Waals surface area contributed by atoms with Gasteiger partial charge in [-0.1, -0.05) is 42.8 Å². The molecule has 1 fully saturated rings. The third-order valence-corrected chi connectivity index (χ3v) is 7.90. The number of hydrogen-bond acceptors (Lipinski definition) is 6. The van der Waals surface area contributed by atoms with E-state index in [0.29, 0.717) is 13.0 Å². The van der Waals surface area contributed by atoms with Gasteiger partial charge in [0.05, 0.1) is 28.4 Å². The van der Waals surface area contributed by atoms with Crippen molar-refractivity contribution in [2.75, 3.05) is 13.2 Å². The second kappa shape index (κ2) is 14.1. The van der Waals surface area contributed by atoms with E-state index in [9.17, 15) is 4.79 Å². The SMILES string of the molecule is O=C(O)CCCCCCOc1ccccc1Sc1ccc2c(/C=C/c3ccccn3)nn(C3CCCCO3)c2c1. The first-order chi connectivity index (χ1) is 19.7. The summed E-state index contributed by atoms with van der Waals surface area (Å²) in [5, 5.41) is 14.8. The highest BCUT2D eigenvalue weighted by Gasteiger charge is 2.21. The van der Waals surface area contributed by atoms with Crippen LogP contribution in [-0.4, -0.2) is 39.1 Å². The maximum atomic E-state index is 10.7. The Morgan fingerprint density at radius 2 is 1.93 bits per heavy atom. The van der Waals surface area contributed by atoms with E-state index in [-0.39, 0.29) is 12.6 Å². The minimum atomic E-state index is -0.730. The average Bonchev–Trinajstić information content (AvgIpc) is 3.35. The van der Waals surface area contributed by atoms with E-state index in [1.807, 2.05) is 53.2 Å². The lowest BCUT2D eigenvalue weighted by molar-refractivity contribution is -0.137. The van der Waals surface area contributed by atoms with Crippen LogP contribution in [0.4, 0.5) is 0 Å². The number of benzene rings is 2. The molecule has 5 rings (SSSR count). The number of para-hydroxylation sites is 1. The van der Waals surface area contributed by atoms with E-state index in [0.717, 1.165) is 83.0 Å². The van der Waals surface area contributed by atoms with Gasteiger partial charge in [0.15, 0.2) is 6.23 Å². The zero-order chi connectivity index (χ0) is 27.6. The van der Waals surface area contributed by atoms with Crippen molar-refractivity contribution in [2.24, 2.45) is 0 Å². The topological polar surface area (TPSA) is 86.5 Å². The molecule has 7 nitrogen and oxygen atoms in total. The largest absolute Gasteiger partial charge is 0.492 e. The fourth-order valence-electron chi connectivity index (χ4n) is 4.80. The quantitative estimate of drug-likeness (QED) is 0.167. The summed E-state index contributed by atoms with van der Waals surface area (Å²) in [7, 11) is 0. The maximum Gasteiger partial charge on any atom is 0.303 e. The van der Waals surface area contributed by atoms with Crippen molar-refractivity contribution in [1.29, 1.82) is 0 Å². The Balaban J connectivity index is 1.33. The van der Waals surface area contributed by atoms with Crippen LogP contribution in [-0.2, 0) is 9.53 Å². The Hall–Kier alpha value is -3.62. The zero-order valence-corrected chi connectivity index (χ0v) is 23.4. The number of unbranched alkanes of at least 4 members (excludes halogenated alkanes) is 3. The molecule has 8 heteroatoms. The van der Waals surface area contributed by atoms with Gasteiger partial charge in [0.1, 0.15) is 5.75 Å². The Bertz CT molecular complexity index is 1430. The lowest BCUT2D eigenvalue weighted by atomic mass is 10.1. The van der Waals surface area contributed by atoms with Crippen molar-refractivity contribution in [3.05, 3.63) is 78.2 Å². The highest BCUT2D eigenvalue weighted by Crippen LogP contribution is 2.38. The number of fused-ring (bicyclic) bond motifs is 1. The van der Waals surface area contributed by atoms with Gasteiger partial charge < -0.3 is 14.6 Å².